The smallest absolute Gasteiger partial charge is 0.224 e. The number of rotatable bonds is 4. The van der Waals surface area contributed by atoms with Gasteiger partial charge in [-0.3, -0.25) is 4.79 Å². The third-order valence-corrected chi connectivity index (χ3v) is 3.97. The molecule has 1 fully saturated rings. The summed E-state index contributed by atoms with van der Waals surface area (Å²) in [5.74, 6) is 1.81. The Bertz CT molecular complexity index is 433. The molecule has 0 spiro atoms. The highest BCUT2D eigenvalue weighted by atomic mass is 16.3. The summed E-state index contributed by atoms with van der Waals surface area (Å²) in [6.45, 7) is 2.42. The monoisotopic (exact) mass is 264 g/mol. The lowest BCUT2D eigenvalue weighted by atomic mass is 9.80. The molecule has 2 rings (SSSR count). The molecule has 2 N–H and O–H groups in total. The normalized spacial score (nSPS) is 18.3. The number of carbonyl (C=O) groups excluding carboxylic acids is 1. The van der Waals surface area contributed by atoms with Crippen LogP contribution in [0.3, 0.4) is 0 Å². The summed E-state index contributed by atoms with van der Waals surface area (Å²) in [5, 5.41) is 0. The van der Waals surface area contributed by atoms with Crippen LogP contribution in [-0.2, 0) is 11.3 Å². The van der Waals surface area contributed by atoms with Gasteiger partial charge in [0.05, 0.1) is 6.54 Å². The summed E-state index contributed by atoms with van der Waals surface area (Å²) < 4.78 is 5.49. The van der Waals surface area contributed by atoms with Gasteiger partial charge in [0, 0.05) is 19.0 Å². The van der Waals surface area contributed by atoms with Gasteiger partial charge in [0.25, 0.3) is 0 Å². The molecule has 4 nitrogen and oxygen atoms in total. The highest BCUT2D eigenvalue weighted by Crippen LogP contribution is 2.29. The molecule has 0 aliphatic heterocycles. The van der Waals surface area contributed by atoms with Gasteiger partial charge in [-0.25, -0.2) is 0 Å². The third kappa shape index (κ3) is 3.83. The molecule has 19 heavy (non-hydrogen) atoms. The molecule has 0 unspecified atom stereocenters. The maximum atomic E-state index is 12.2. The van der Waals surface area contributed by atoms with E-state index in [1.807, 2.05) is 26.1 Å². The standard InChI is InChI=1S/C15H24N2O2/c1-12-6-7-13(19-12)11-17(2)14(18)10-15(16)8-4-3-5-9-15/h6-7H,3-5,8-11,16H2,1-2H3. The lowest BCUT2D eigenvalue weighted by Crippen LogP contribution is -2.46. The largest absolute Gasteiger partial charge is 0.464 e. The van der Waals surface area contributed by atoms with Crippen LogP contribution in [0.5, 0.6) is 0 Å². The molecule has 1 amide bonds. The molecule has 4 heteroatoms. The molecule has 0 bridgehead atoms. The van der Waals surface area contributed by atoms with Crippen LogP contribution in [0.1, 0.15) is 50.0 Å². The van der Waals surface area contributed by atoms with Crippen LogP contribution in [-0.4, -0.2) is 23.4 Å². The summed E-state index contributed by atoms with van der Waals surface area (Å²) in [6, 6.07) is 3.83. The predicted octanol–water partition coefficient (Wildman–Crippen LogP) is 2.60. The Hall–Kier alpha value is -1.29. The van der Waals surface area contributed by atoms with Crippen LogP contribution in [0.4, 0.5) is 0 Å². The molecule has 1 aliphatic rings. The van der Waals surface area contributed by atoms with Crippen molar-refractivity contribution in [3.8, 4) is 0 Å². The molecule has 1 aromatic rings. The van der Waals surface area contributed by atoms with Crippen LogP contribution >= 0.6 is 0 Å². The minimum atomic E-state index is -0.289. The van der Waals surface area contributed by atoms with E-state index in [4.69, 9.17) is 10.2 Å². The van der Waals surface area contributed by atoms with Crippen LogP contribution in [0.2, 0.25) is 0 Å². The number of hydrogen-bond acceptors (Lipinski definition) is 3. The van der Waals surface area contributed by atoms with Crippen molar-refractivity contribution in [2.75, 3.05) is 7.05 Å². The number of hydrogen-bond donors (Lipinski definition) is 1. The van der Waals surface area contributed by atoms with E-state index >= 15 is 0 Å². The van der Waals surface area contributed by atoms with E-state index in [1.165, 1.54) is 6.42 Å². The maximum Gasteiger partial charge on any atom is 0.224 e. The van der Waals surface area contributed by atoms with Crippen molar-refractivity contribution in [3.63, 3.8) is 0 Å². The SMILES string of the molecule is Cc1ccc(CN(C)C(=O)CC2(N)CCCCC2)o1. The second kappa shape index (κ2) is 5.78. The summed E-state index contributed by atoms with van der Waals surface area (Å²) >= 11 is 0. The Morgan fingerprint density at radius 1 is 1.37 bits per heavy atom. The van der Waals surface area contributed by atoms with Crippen LogP contribution < -0.4 is 5.73 Å². The number of carbonyl (C=O) groups is 1. The zero-order valence-corrected chi connectivity index (χ0v) is 11.9. The molecular weight excluding hydrogens is 240 g/mol. The molecule has 106 valence electrons. The van der Waals surface area contributed by atoms with E-state index in [-0.39, 0.29) is 11.4 Å². The lowest BCUT2D eigenvalue weighted by molar-refractivity contribution is -0.132. The molecule has 1 aliphatic carbocycles. The van der Waals surface area contributed by atoms with Crippen molar-refractivity contribution < 1.29 is 9.21 Å². The lowest BCUT2D eigenvalue weighted by Gasteiger charge is -2.34. The summed E-state index contributed by atoms with van der Waals surface area (Å²) in [5.41, 5.74) is 6.04. The second-order valence-electron chi connectivity index (χ2n) is 5.86. The van der Waals surface area contributed by atoms with Gasteiger partial charge in [0.2, 0.25) is 5.91 Å². The zero-order valence-electron chi connectivity index (χ0n) is 11.9. The van der Waals surface area contributed by atoms with E-state index in [9.17, 15) is 4.79 Å². The van der Waals surface area contributed by atoms with E-state index in [2.05, 4.69) is 0 Å². The van der Waals surface area contributed by atoms with Gasteiger partial charge in [-0.05, 0) is 31.9 Å². The number of nitrogens with two attached hydrogens (primary N) is 1. The van der Waals surface area contributed by atoms with Gasteiger partial charge < -0.3 is 15.1 Å². The number of furan rings is 1. The molecule has 1 saturated carbocycles. The highest BCUT2D eigenvalue weighted by Gasteiger charge is 2.31. The predicted molar refractivity (Wildman–Crippen MR) is 74.5 cm³/mol. The molecule has 1 heterocycles. The summed E-state index contributed by atoms with van der Waals surface area (Å²) in [6.07, 6.45) is 5.91. The summed E-state index contributed by atoms with van der Waals surface area (Å²) in [4.78, 5) is 13.9. The topological polar surface area (TPSA) is 59.5 Å². The first kappa shape index (κ1) is 14.1. The van der Waals surface area contributed by atoms with E-state index < -0.39 is 0 Å². The van der Waals surface area contributed by atoms with Crippen LogP contribution in [0.25, 0.3) is 0 Å². The number of aryl methyl sites for hydroxylation is 1. The zero-order chi connectivity index (χ0) is 13.9. The van der Waals surface area contributed by atoms with Crippen molar-refractivity contribution >= 4 is 5.91 Å². The van der Waals surface area contributed by atoms with Crippen molar-refractivity contribution in [1.82, 2.24) is 4.90 Å². The first-order valence-corrected chi connectivity index (χ1v) is 7.07. The Kier molecular flexibility index (Phi) is 4.30. The van der Waals surface area contributed by atoms with Crippen molar-refractivity contribution in [1.29, 1.82) is 0 Å². The van der Waals surface area contributed by atoms with Crippen molar-refractivity contribution in [2.45, 2.75) is 57.5 Å². The molecule has 0 atom stereocenters. The first-order chi connectivity index (χ1) is 8.98. The van der Waals surface area contributed by atoms with Gasteiger partial charge in [-0.1, -0.05) is 19.3 Å². The average molecular weight is 264 g/mol. The van der Waals surface area contributed by atoms with Crippen LogP contribution in [0, 0.1) is 6.92 Å². The molecular formula is C15H24N2O2. The molecule has 1 aromatic heterocycles. The Morgan fingerprint density at radius 3 is 2.63 bits per heavy atom. The molecule has 0 radical (unpaired) electrons. The second-order valence-corrected chi connectivity index (χ2v) is 5.86. The van der Waals surface area contributed by atoms with Crippen molar-refractivity contribution in [3.05, 3.63) is 23.7 Å². The first-order valence-electron chi connectivity index (χ1n) is 7.07. The van der Waals surface area contributed by atoms with Gasteiger partial charge in [-0.15, -0.1) is 0 Å². The minimum Gasteiger partial charge on any atom is -0.464 e. The number of nitrogens with zero attached hydrogens (tertiary/aromatic N) is 1. The fourth-order valence-corrected chi connectivity index (χ4v) is 2.76. The highest BCUT2D eigenvalue weighted by molar-refractivity contribution is 5.77. The van der Waals surface area contributed by atoms with E-state index in [0.717, 1.165) is 37.2 Å². The van der Waals surface area contributed by atoms with Gasteiger partial charge >= 0.3 is 0 Å². The minimum absolute atomic E-state index is 0.110. The summed E-state index contributed by atoms with van der Waals surface area (Å²) in [7, 11) is 1.81. The van der Waals surface area contributed by atoms with Crippen LogP contribution in [0.15, 0.2) is 16.5 Å². The fourth-order valence-electron chi connectivity index (χ4n) is 2.76. The van der Waals surface area contributed by atoms with Gasteiger partial charge in [0.15, 0.2) is 0 Å². The Labute approximate surface area is 114 Å². The Balaban J connectivity index is 1.88. The fraction of sp³-hybridized carbons (Fsp3) is 0.667. The van der Waals surface area contributed by atoms with E-state index in [1.54, 1.807) is 4.90 Å². The molecule has 0 saturated heterocycles. The number of amides is 1. The quantitative estimate of drug-likeness (QED) is 0.909. The van der Waals surface area contributed by atoms with Gasteiger partial charge in [-0.2, -0.15) is 0 Å². The van der Waals surface area contributed by atoms with Crippen molar-refractivity contribution in [2.24, 2.45) is 5.73 Å². The maximum absolute atomic E-state index is 12.2. The van der Waals surface area contributed by atoms with Gasteiger partial charge in [0.1, 0.15) is 11.5 Å². The molecule has 0 aromatic carbocycles. The Morgan fingerprint density at radius 2 is 2.05 bits per heavy atom. The van der Waals surface area contributed by atoms with E-state index in [0.29, 0.717) is 13.0 Å². The third-order valence-electron chi connectivity index (χ3n) is 3.97. The average Bonchev–Trinajstić information content (AvgIpc) is 2.75.